The summed E-state index contributed by atoms with van der Waals surface area (Å²) in [6.07, 6.45) is 3.97. The second-order valence-corrected chi connectivity index (χ2v) is 3.96. The van der Waals surface area contributed by atoms with Gasteiger partial charge in [-0.15, -0.1) is 0 Å². The van der Waals surface area contributed by atoms with E-state index in [4.69, 9.17) is 4.74 Å². The number of carbonyl (C=O) groups excluding carboxylic acids is 1. The molecule has 16 heavy (non-hydrogen) atoms. The van der Waals surface area contributed by atoms with E-state index in [2.05, 4.69) is 12.1 Å². The van der Waals surface area contributed by atoms with Gasteiger partial charge in [-0.05, 0) is 25.3 Å². The van der Waals surface area contributed by atoms with Crippen LogP contribution in [0.4, 0.5) is 0 Å². The molecular formula is C14H16O2. The number of aryl methyl sites for hydroxylation is 1. The van der Waals surface area contributed by atoms with Crippen molar-refractivity contribution in [1.29, 1.82) is 0 Å². The Morgan fingerprint density at radius 3 is 2.69 bits per heavy atom. The summed E-state index contributed by atoms with van der Waals surface area (Å²) in [5, 5.41) is 0. The molecule has 2 nitrogen and oxygen atoms in total. The van der Waals surface area contributed by atoms with Crippen molar-refractivity contribution in [3.05, 3.63) is 47.5 Å². The van der Waals surface area contributed by atoms with E-state index in [0.29, 0.717) is 6.61 Å². The molecule has 0 N–H and O–H groups in total. The lowest BCUT2D eigenvalue weighted by molar-refractivity contribution is -0.144. The molecule has 0 aromatic heterocycles. The van der Waals surface area contributed by atoms with Gasteiger partial charge in [0.2, 0.25) is 0 Å². The average Bonchev–Trinajstić information content (AvgIpc) is 3.08. The fourth-order valence-electron chi connectivity index (χ4n) is 1.79. The van der Waals surface area contributed by atoms with Gasteiger partial charge in [-0.2, -0.15) is 0 Å². The second-order valence-electron chi connectivity index (χ2n) is 3.96. The standard InChI is InChI=1S/C14H16O2/c1-2-16-14(15)13-10-12(13)9-8-11-6-4-3-5-7-11/h3-7,10,13H,2,8-9H2,1H3/t13-/m1/s1. The third kappa shape index (κ3) is 2.72. The first-order valence-electron chi connectivity index (χ1n) is 5.72. The van der Waals surface area contributed by atoms with E-state index in [0.717, 1.165) is 12.8 Å². The van der Waals surface area contributed by atoms with Crippen LogP contribution in [0.5, 0.6) is 0 Å². The van der Waals surface area contributed by atoms with Gasteiger partial charge in [0.05, 0.1) is 12.5 Å². The zero-order chi connectivity index (χ0) is 11.4. The molecule has 0 saturated heterocycles. The number of carbonyl (C=O) groups is 1. The van der Waals surface area contributed by atoms with Gasteiger partial charge in [0.1, 0.15) is 0 Å². The van der Waals surface area contributed by atoms with E-state index < -0.39 is 0 Å². The largest absolute Gasteiger partial charge is 0.465 e. The highest BCUT2D eigenvalue weighted by Crippen LogP contribution is 2.33. The highest BCUT2D eigenvalue weighted by Gasteiger charge is 2.32. The summed E-state index contributed by atoms with van der Waals surface area (Å²) in [5.74, 6) is -0.116. The summed E-state index contributed by atoms with van der Waals surface area (Å²) in [6, 6.07) is 10.3. The van der Waals surface area contributed by atoms with Crippen LogP contribution in [0.25, 0.3) is 0 Å². The fourth-order valence-corrected chi connectivity index (χ4v) is 1.79. The maximum atomic E-state index is 11.4. The van der Waals surface area contributed by atoms with Crippen LogP contribution >= 0.6 is 0 Å². The minimum atomic E-state index is -0.0921. The molecule has 1 aliphatic rings. The summed E-state index contributed by atoms with van der Waals surface area (Å²) in [4.78, 5) is 11.4. The summed E-state index contributed by atoms with van der Waals surface area (Å²) < 4.78 is 4.96. The average molecular weight is 216 g/mol. The van der Waals surface area contributed by atoms with E-state index in [9.17, 15) is 4.79 Å². The van der Waals surface area contributed by atoms with E-state index in [-0.39, 0.29) is 11.9 Å². The molecule has 2 heteroatoms. The van der Waals surface area contributed by atoms with Crippen molar-refractivity contribution in [2.45, 2.75) is 19.8 Å². The first kappa shape index (κ1) is 10.9. The lowest BCUT2D eigenvalue weighted by Gasteiger charge is -2.01. The van der Waals surface area contributed by atoms with Crippen molar-refractivity contribution in [3.63, 3.8) is 0 Å². The maximum Gasteiger partial charge on any atom is 0.316 e. The lowest BCUT2D eigenvalue weighted by atomic mass is 10.1. The van der Waals surface area contributed by atoms with Gasteiger partial charge >= 0.3 is 5.97 Å². The molecular weight excluding hydrogens is 200 g/mol. The van der Waals surface area contributed by atoms with Crippen molar-refractivity contribution in [2.24, 2.45) is 5.92 Å². The van der Waals surface area contributed by atoms with Gasteiger partial charge in [-0.1, -0.05) is 42.0 Å². The molecule has 0 aliphatic heterocycles. The van der Waals surface area contributed by atoms with Crippen LogP contribution in [0.1, 0.15) is 18.9 Å². The van der Waals surface area contributed by atoms with E-state index >= 15 is 0 Å². The van der Waals surface area contributed by atoms with Crippen LogP contribution in [0.15, 0.2) is 42.0 Å². The molecule has 0 fully saturated rings. The molecule has 0 spiro atoms. The molecule has 0 radical (unpaired) electrons. The van der Waals surface area contributed by atoms with Crippen LogP contribution in [-0.4, -0.2) is 12.6 Å². The molecule has 2 rings (SSSR count). The van der Waals surface area contributed by atoms with Gasteiger partial charge in [0.15, 0.2) is 0 Å². The SMILES string of the molecule is CCOC(=O)[C@@H]1C=C1CCc1ccccc1. The molecule has 1 aromatic carbocycles. The van der Waals surface area contributed by atoms with E-state index in [1.165, 1.54) is 11.1 Å². The molecule has 0 amide bonds. The van der Waals surface area contributed by atoms with Crippen molar-refractivity contribution < 1.29 is 9.53 Å². The summed E-state index contributed by atoms with van der Waals surface area (Å²) in [7, 11) is 0. The molecule has 0 bridgehead atoms. The highest BCUT2D eigenvalue weighted by atomic mass is 16.5. The number of benzene rings is 1. The van der Waals surface area contributed by atoms with Crippen molar-refractivity contribution in [1.82, 2.24) is 0 Å². The molecule has 0 heterocycles. The number of esters is 1. The quantitative estimate of drug-likeness (QED) is 0.559. The minimum Gasteiger partial charge on any atom is -0.465 e. The predicted octanol–water partition coefficient (Wildman–Crippen LogP) is 2.74. The second kappa shape index (κ2) is 4.97. The van der Waals surface area contributed by atoms with Crippen molar-refractivity contribution in [3.8, 4) is 0 Å². The Kier molecular flexibility index (Phi) is 3.40. The van der Waals surface area contributed by atoms with Crippen LogP contribution in [0.2, 0.25) is 0 Å². The molecule has 0 unspecified atom stereocenters. The highest BCUT2D eigenvalue weighted by molar-refractivity contribution is 5.83. The van der Waals surface area contributed by atoms with Crippen LogP contribution in [-0.2, 0) is 16.0 Å². The first-order valence-corrected chi connectivity index (χ1v) is 5.72. The Labute approximate surface area is 95.9 Å². The van der Waals surface area contributed by atoms with Gasteiger partial charge in [0, 0.05) is 0 Å². The van der Waals surface area contributed by atoms with Crippen LogP contribution in [0.3, 0.4) is 0 Å². The molecule has 1 aliphatic carbocycles. The summed E-state index contributed by atoms with van der Waals surface area (Å²) in [6.45, 7) is 2.30. The number of ether oxygens (including phenoxy) is 1. The monoisotopic (exact) mass is 216 g/mol. The van der Waals surface area contributed by atoms with Gasteiger partial charge < -0.3 is 4.74 Å². The topological polar surface area (TPSA) is 26.3 Å². The zero-order valence-corrected chi connectivity index (χ0v) is 9.48. The van der Waals surface area contributed by atoms with E-state index in [1.54, 1.807) is 0 Å². The van der Waals surface area contributed by atoms with Gasteiger partial charge in [-0.3, -0.25) is 4.79 Å². The van der Waals surface area contributed by atoms with Crippen molar-refractivity contribution >= 4 is 5.97 Å². The smallest absolute Gasteiger partial charge is 0.316 e. The lowest BCUT2D eigenvalue weighted by Crippen LogP contribution is -2.08. The third-order valence-corrected chi connectivity index (χ3v) is 2.76. The molecule has 84 valence electrons. The number of hydrogen-bond acceptors (Lipinski definition) is 2. The normalized spacial score (nSPS) is 17.8. The summed E-state index contributed by atoms with van der Waals surface area (Å²) >= 11 is 0. The van der Waals surface area contributed by atoms with Gasteiger partial charge in [0.25, 0.3) is 0 Å². The first-order chi connectivity index (χ1) is 7.81. The molecule has 1 atom stereocenters. The summed E-state index contributed by atoms with van der Waals surface area (Å²) in [5.41, 5.74) is 2.54. The zero-order valence-electron chi connectivity index (χ0n) is 9.48. The Morgan fingerprint density at radius 1 is 1.25 bits per heavy atom. The Morgan fingerprint density at radius 2 is 2.00 bits per heavy atom. The Bertz CT molecular complexity index is 392. The molecule has 0 saturated carbocycles. The van der Waals surface area contributed by atoms with Gasteiger partial charge in [-0.25, -0.2) is 0 Å². The predicted molar refractivity (Wildman–Crippen MR) is 63.0 cm³/mol. The van der Waals surface area contributed by atoms with Crippen molar-refractivity contribution in [2.75, 3.05) is 6.61 Å². The third-order valence-electron chi connectivity index (χ3n) is 2.76. The molecule has 1 aromatic rings. The van der Waals surface area contributed by atoms with Crippen LogP contribution < -0.4 is 0 Å². The Balaban J connectivity index is 1.74. The number of hydrogen-bond donors (Lipinski definition) is 0. The van der Waals surface area contributed by atoms with Crippen LogP contribution in [0, 0.1) is 5.92 Å². The number of rotatable bonds is 5. The fraction of sp³-hybridized carbons (Fsp3) is 0.357. The minimum absolute atomic E-state index is 0.0244. The maximum absolute atomic E-state index is 11.4. The Hall–Kier alpha value is -1.57. The van der Waals surface area contributed by atoms with E-state index in [1.807, 2.05) is 31.2 Å².